The van der Waals surface area contributed by atoms with Crippen molar-refractivity contribution in [2.45, 2.75) is 13.5 Å². The molecule has 4 nitrogen and oxygen atoms in total. The average Bonchev–Trinajstić information content (AvgIpc) is 2.53. The number of esters is 1. The number of hydrogen-bond donors (Lipinski definition) is 0. The summed E-state index contributed by atoms with van der Waals surface area (Å²) in [4.78, 5) is 15.3. The average molecular weight is 283 g/mol. The lowest BCUT2D eigenvalue weighted by molar-refractivity contribution is -0.137. The second-order valence-electron chi connectivity index (χ2n) is 4.31. The summed E-state index contributed by atoms with van der Waals surface area (Å²) in [5.41, 5.74) is 1.87. The third-order valence-corrected chi connectivity index (χ3v) is 2.68. The normalized spacial score (nSPS) is 10.5. The summed E-state index contributed by atoms with van der Waals surface area (Å²) >= 11 is 0. The predicted octanol–water partition coefficient (Wildman–Crippen LogP) is 3.24. The highest BCUT2D eigenvalue weighted by molar-refractivity contribution is 5.87. The second kappa shape index (κ2) is 7.85. The summed E-state index contributed by atoms with van der Waals surface area (Å²) in [6, 6.07) is 11.7. The molecule has 1 aromatic heterocycles. The molecule has 1 aromatic carbocycles. The van der Waals surface area contributed by atoms with Gasteiger partial charge in [-0.15, -0.1) is 0 Å². The van der Waals surface area contributed by atoms with Gasteiger partial charge in [-0.1, -0.05) is 30.3 Å². The van der Waals surface area contributed by atoms with E-state index in [1.165, 1.54) is 6.08 Å². The molecule has 108 valence electrons. The van der Waals surface area contributed by atoms with Crippen molar-refractivity contribution in [3.63, 3.8) is 0 Å². The van der Waals surface area contributed by atoms with E-state index in [1.807, 2.05) is 36.4 Å². The van der Waals surface area contributed by atoms with E-state index in [1.54, 1.807) is 25.4 Å². The topological polar surface area (TPSA) is 48.4 Å². The van der Waals surface area contributed by atoms with Crippen molar-refractivity contribution in [2.75, 3.05) is 6.61 Å². The van der Waals surface area contributed by atoms with E-state index >= 15 is 0 Å². The third kappa shape index (κ3) is 5.10. The van der Waals surface area contributed by atoms with Crippen LogP contribution in [0.5, 0.6) is 5.75 Å². The Kier molecular flexibility index (Phi) is 5.52. The van der Waals surface area contributed by atoms with Gasteiger partial charge in [-0.05, 0) is 30.2 Å². The van der Waals surface area contributed by atoms with E-state index in [2.05, 4.69) is 4.98 Å². The van der Waals surface area contributed by atoms with Gasteiger partial charge in [-0.2, -0.15) is 0 Å². The van der Waals surface area contributed by atoms with E-state index in [0.717, 1.165) is 11.1 Å². The maximum atomic E-state index is 11.3. The van der Waals surface area contributed by atoms with Crippen LogP contribution in [0.3, 0.4) is 0 Å². The van der Waals surface area contributed by atoms with Crippen LogP contribution in [-0.4, -0.2) is 17.6 Å². The molecule has 2 rings (SSSR count). The lowest BCUT2D eigenvalue weighted by Gasteiger charge is -2.06. The molecule has 0 saturated carbocycles. The standard InChI is InChI=1S/C17H17NO3/c1-2-20-17(19)9-8-15-10-16(12-18-11-15)21-13-14-6-4-3-5-7-14/h3-12H,2,13H2,1H3. The van der Waals surface area contributed by atoms with Crippen molar-refractivity contribution in [1.82, 2.24) is 4.98 Å². The highest BCUT2D eigenvalue weighted by Gasteiger charge is 1.99. The molecule has 0 unspecified atom stereocenters. The van der Waals surface area contributed by atoms with Crippen molar-refractivity contribution in [1.29, 1.82) is 0 Å². The van der Waals surface area contributed by atoms with Crippen LogP contribution >= 0.6 is 0 Å². The van der Waals surface area contributed by atoms with Crippen LogP contribution in [0.2, 0.25) is 0 Å². The second-order valence-corrected chi connectivity index (χ2v) is 4.31. The molecule has 0 N–H and O–H groups in total. The zero-order chi connectivity index (χ0) is 14.9. The molecule has 0 spiro atoms. The molecule has 0 aliphatic heterocycles. The van der Waals surface area contributed by atoms with Crippen LogP contribution in [0.4, 0.5) is 0 Å². The van der Waals surface area contributed by atoms with E-state index in [0.29, 0.717) is 19.0 Å². The van der Waals surface area contributed by atoms with Crippen LogP contribution in [0.15, 0.2) is 54.9 Å². The van der Waals surface area contributed by atoms with Gasteiger partial charge in [-0.3, -0.25) is 4.98 Å². The van der Waals surface area contributed by atoms with Crippen LogP contribution in [0.25, 0.3) is 6.08 Å². The maximum absolute atomic E-state index is 11.3. The van der Waals surface area contributed by atoms with E-state index in [4.69, 9.17) is 9.47 Å². The molecule has 0 bridgehead atoms. The molecular weight excluding hydrogens is 266 g/mol. The van der Waals surface area contributed by atoms with Crippen molar-refractivity contribution in [3.05, 3.63) is 66.0 Å². The molecule has 0 saturated heterocycles. The number of ether oxygens (including phenoxy) is 2. The fraction of sp³-hybridized carbons (Fsp3) is 0.176. The Hall–Kier alpha value is -2.62. The minimum atomic E-state index is -0.367. The largest absolute Gasteiger partial charge is 0.487 e. The Morgan fingerprint density at radius 1 is 1.24 bits per heavy atom. The molecule has 0 radical (unpaired) electrons. The Morgan fingerprint density at radius 3 is 2.81 bits per heavy atom. The van der Waals surface area contributed by atoms with Crippen LogP contribution in [-0.2, 0) is 16.1 Å². The Morgan fingerprint density at radius 2 is 2.05 bits per heavy atom. The number of carbonyl (C=O) groups is 1. The first kappa shape index (κ1) is 14.8. The SMILES string of the molecule is CCOC(=O)C=Cc1cncc(OCc2ccccc2)c1. The summed E-state index contributed by atoms with van der Waals surface area (Å²) < 4.78 is 10.5. The minimum Gasteiger partial charge on any atom is -0.487 e. The van der Waals surface area contributed by atoms with Gasteiger partial charge >= 0.3 is 5.97 Å². The minimum absolute atomic E-state index is 0.363. The molecule has 21 heavy (non-hydrogen) atoms. The summed E-state index contributed by atoms with van der Waals surface area (Å²) in [6.07, 6.45) is 6.33. The summed E-state index contributed by atoms with van der Waals surface area (Å²) in [6.45, 7) is 2.61. The zero-order valence-electron chi connectivity index (χ0n) is 11.9. The Balaban J connectivity index is 1.96. The van der Waals surface area contributed by atoms with E-state index in [9.17, 15) is 4.79 Å². The lowest BCUT2D eigenvalue weighted by Crippen LogP contribution is -1.99. The first-order valence-corrected chi connectivity index (χ1v) is 6.74. The van der Waals surface area contributed by atoms with Gasteiger partial charge in [0.25, 0.3) is 0 Å². The molecule has 0 fully saturated rings. The van der Waals surface area contributed by atoms with Crippen molar-refractivity contribution in [2.24, 2.45) is 0 Å². The molecule has 1 heterocycles. The molecule has 4 heteroatoms. The fourth-order valence-corrected chi connectivity index (χ4v) is 1.70. The smallest absolute Gasteiger partial charge is 0.330 e. The number of pyridine rings is 1. The van der Waals surface area contributed by atoms with E-state index in [-0.39, 0.29) is 5.97 Å². The Bertz CT molecular complexity index is 608. The van der Waals surface area contributed by atoms with Crippen molar-refractivity contribution >= 4 is 12.0 Å². The highest BCUT2D eigenvalue weighted by Crippen LogP contribution is 2.14. The van der Waals surface area contributed by atoms with E-state index < -0.39 is 0 Å². The number of hydrogen-bond acceptors (Lipinski definition) is 4. The van der Waals surface area contributed by atoms with Gasteiger partial charge in [0, 0.05) is 12.3 Å². The maximum Gasteiger partial charge on any atom is 0.330 e. The monoisotopic (exact) mass is 283 g/mol. The summed E-state index contributed by atoms with van der Waals surface area (Å²) in [5, 5.41) is 0. The molecular formula is C17H17NO3. The van der Waals surface area contributed by atoms with Gasteiger partial charge in [0.1, 0.15) is 12.4 Å². The van der Waals surface area contributed by atoms with Gasteiger partial charge in [0.2, 0.25) is 0 Å². The van der Waals surface area contributed by atoms with Crippen molar-refractivity contribution in [3.8, 4) is 5.75 Å². The third-order valence-electron chi connectivity index (χ3n) is 2.68. The van der Waals surface area contributed by atoms with Crippen molar-refractivity contribution < 1.29 is 14.3 Å². The Labute approximate surface area is 124 Å². The quantitative estimate of drug-likeness (QED) is 0.603. The number of nitrogens with zero attached hydrogens (tertiary/aromatic N) is 1. The molecule has 0 amide bonds. The number of rotatable bonds is 6. The first-order valence-electron chi connectivity index (χ1n) is 6.74. The number of aromatic nitrogens is 1. The molecule has 0 aliphatic rings. The molecule has 0 atom stereocenters. The van der Waals surface area contributed by atoms with Gasteiger partial charge < -0.3 is 9.47 Å². The first-order chi connectivity index (χ1) is 10.3. The number of carbonyl (C=O) groups excluding carboxylic acids is 1. The van der Waals surface area contributed by atoms with Crippen LogP contribution in [0, 0.1) is 0 Å². The van der Waals surface area contributed by atoms with Gasteiger partial charge in [-0.25, -0.2) is 4.79 Å². The number of benzene rings is 1. The molecule has 0 aliphatic carbocycles. The molecule has 2 aromatic rings. The van der Waals surface area contributed by atoms with Gasteiger partial charge in [0.15, 0.2) is 0 Å². The summed E-state index contributed by atoms with van der Waals surface area (Å²) in [5.74, 6) is 0.290. The lowest BCUT2D eigenvalue weighted by atomic mass is 10.2. The fourth-order valence-electron chi connectivity index (χ4n) is 1.70. The predicted molar refractivity (Wildman–Crippen MR) is 80.7 cm³/mol. The van der Waals surface area contributed by atoms with Crippen LogP contribution < -0.4 is 4.74 Å². The van der Waals surface area contributed by atoms with Gasteiger partial charge in [0.05, 0.1) is 12.8 Å². The highest BCUT2D eigenvalue weighted by atomic mass is 16.5. The zero-order valence-corrected chi connectivity index (χ0v) is 11.9. The summed E-state index contributed by atoms with van der Waals surface area (Å²) in [7, 11) is 0. The van der Waals surface area contributed by atoms with Crippen LogP contribution in [0.1, 0.15) is 18.1 Å².